The first-order chi connectivity index (χ1) is 9.36. The van der Waals surface area contributed by atoms with Crippen molar-refractivity contribution in [1.82, 2.24) is 9.78 Å². The molecule has 1 heterocycles. The highest BCUT2D eigenvalue weighted by atomic mass is 32.2. The lowest BCUT2D eigenvalue weighted by molar-refractivity contribution is -0.116. The number of hydrogen-bond donors (Lipinski definition) is 2. The van der Waals surface area contributed by atoms with E-state index in [0.717, 1.165) is 18.2 Å². The van der Waals surface area contributed by atoms with Crippen molar-refractivity contribution in [2.75, 3.05) is 5.32 Å². The van der Waals surface area contributed by atoms with Gasteiger partial charge in [0.1, 0.15) is 17.3 Å². The average Bonchev–Trinajstić information content (AvgIpc) is 2.79. The van der Waals surface area contributed by atoms with E-state index in [2.05, 4.69) is 10.4 Å². The molecular weight excluding hydrogens is 287 g/mol. The molecule has 0 spiro atoms. The lowest BCUT2D eigenvalue weighted by Gasteiger charge is -2.09. The van der Waals surface area contributed by atoms with Gasteiger partial charge in [-0.1, -0.05) is 0 Å². The minimum Gasteiger partial charge on any atom is -0.323 e. The third-order valence-electron chi connectivity index (χ3n) is 2.39. The van der Waals surface area contributed by atoms with Gasteiger partial charge in [-0.3, -0.25) is 9.48 Å². The molecule has 2 aromatic rings. The molecule has 3 N–H and O–H groups in total. The highest BCUT2D eigenvalue weighted by molar-refractivity contribution is 7.89. The van der Waals surface area contributed by atoms with Gasteiger partial charge in [-0.05, 0) is 24.3 Å². The first kappa shape index (κ1) is 14.2. The number of anilines is 1. The van der Waals surface area contributed by atoms with Crippen molar-refractivity contribution < 1.29 is 17.6 Å². The summed E-state index contributed by atoms with van der Waals surface area (Å²) in [7, 11) is -4.06. The molecule has 20 heavy (non-hydrogen) atoms. The third kappa shape index (κ3) is 3.39. The van der Waals surface area contributed by atoms with Gasteiger partial charge in [-0.15, -0.1) is 0 Å². The quantitative estimate of drug-likeness (QED) is 0.846. The van der Waals surface area contributed by atoms with Crippen molar-refractivity contribution in [3.05, 3.63) is 42.5 Å². The Labute approximate surface area is 114 Å². The molecule has 1 aromatic heterocycles. The van der Waals surface area contributed by atoms with Crippen LogP contribution < -0.4 is 10.5 Å². The molecule has 0 unspecified atom stereocenters. The van der Waals surface area contributed by atoms with E-state index in [1.165, 1.54) is 10.9 Å². The van der Waals surface area contributed by atoms with Crippen molar-refractivity contribution in [2.24, 2.45) is 5.14 Å². The summed E-state index contributed by atoms with van der Waals surface area (Å²) in [4.78, 5) is 11.4. The van der Waals surface area contributed by atoms with Crippen molar-refractivity contribution in [3.8, 4) is 0 Å². The second-order valence-electron chi connectivity index (χ2n) is 3.94. The smallest absolute Gasteiger partial charge is 0.246 e. The van der Waals surface area contributed by atoms with Gasteiger partial charge in [-0.2, -0.15) is 5.10 Å². The average molecular weight is 298 g/mol. The molecule has 0 atom stereocenters. The number of amides is 1. The van der Waals surface area contributed by atoms with Crippen LogP contribution in [0.3, 0.4) is 0 Å². The predicted molar refractivity (Wildman–Crippen MR) is 68.6 cm³/mol. The van der Waals surface area contributed by atoms with Crippen LogP contribution in [-0.4, -0.2) is 24.1 Å². The number of halogens is 1. The van der Waals surface area contributed by atoms with Crippen molar-refractivity contribution in [1.29, 1.82) is 0 Å². The third-order valence-corrected chi connectivity index (χ3v) is 3.36. The first-order valence-corrected chi connectivity index (χ1v) is 7.00. The first-order valence-electron chi connectivity index (χ1n) is 5.46. The molecule has 7 nitrogen and oxygen atoms in total. The summed E-state index contributed by atoms with van der Waals surface area (Å²) in [5.41, 5.74) is -0.204. The summed E-state index contributed by atoms with van der Waals surface area (Å²) >= 11 is 0. The van der Waals surface area contributed by atoms with E-state index < -0.39 is 21.7 Å². The maximum absolute atomic E-state index is 13.2. The molecule has 2 rings (SSSR count). The molecule has 0 fully saturated rings. The van der Waals surface area contributed by atoms with Gasteiger partial charge >= 0.3 is 0 Å². The highest BCUT2D eigenvalue weighted by Gasteiger charge is 2.16. The summed E-state index contributed by atoms with van der Waals surface area (Å²) in [6.07, 6.45) is 3.05. The SMILES string of the molecule is NS(=O)(=O)c1ccc(F)cc1NC(=O)Cn1cccn1. The van der Waals surface area contributed by atoms with E-state index in [9.17, 15) is 17.6 Å². The number of nitrogens with one attached hydrogen (secondary N) is 1. The Morgan fingerprint density at radius 3 is 2.80 bits per heavy atom. The maximum Gasteiger partial charge on any atom is 0.246 e. The molecule has 1 amide bonds. The molecule has 0 aliphatic carbocycles. The van der Waals surface area contributed by atoms with Gasteiger partial charge in [0.25, 0.3) is 0 Å². The topological polar surface area (TPSA) is 107 Å². The van der Waals surface area contributed by atoms with Crippen LogP contribution in [0.2, 0.25) is 0 Å². The van der Waals surface area contributed by atoms with E-state index in [0.29, 0.717) is 0 Å². The zero-order chi connectivity index (χ0) is 14.8. The Kier molecular flexibility index (Phi) is 3.81. The van der Waals surface area contributed by atoms with E-state index in [1.54, 1.807) is 12.3 Å². The molecule has 9 heteroatoms. The van der Waals surface area contributed by atoms with E-state index >= 15 is 0 Å². The standard InChI is InChI=1S/C11H11FN4O3S/c12-8-2-3-10(20(13,18)19)9(6-8)15-11(17)7-16-5-1-4-14-16/h1-6H,7H2,(H,15,17)(H2,13,18,19). The van der Waals surface area contributed by atoms with Crippen molar-refractivity contribution in [2.45, 2.75) is 11.4 Å². The number of carbonyl (C=O) groups is 1. The Hall–Kier alpha value is -2.26. The van der Waals surface area contributed by atoms with Gasteiger partial charge < -0.3 is 5.32 Å². The monoisotopic (exact) mass is 298 g/mol. The largest absolute Gasteiger partial charge is 0.323 e. The molecular formula is C11H11FN4O3S. The van der Waals surface area contributed by atoms with Crippen LogP contribution in [0, 0.1) is 5.82 Å². The summed E-state index contributed by atoms with van der Waals surface area (Å²) in [5.74, 6) is -1.24. The van der Waals surface area contributed by atoms with Gasteiger partial charge in [0.05, 0.1) is 5.69 Å². The fourth-order valence-corrected chi connectivity index (χ4v) is 2.25. The zero-order valence-corrected chi connectivity index (χ0v) is 11.0. The number of primary sulfonamides is 1. The highest BCUT2D eigenvalue weighted by Crippen LogP contribution is 2.21. The van der Waals surface area contributed by atoms with E-state index in [-0.39, 0.29) is 17.1 Å². The maximum atomic E-state index is 13.2. The molecule has 0 bridgehead atoms. The Bertz CT molecular complexity index is 728. The normalized spacial score (nSPS) is 11.3. The number of nitrogens with two attached hydrogens (primary N) is 1. The number of benzene rings is 1. The summed E-state index contributed by atoms with van der Waals surface area (Å²) in [6, 6.07) is 4.46. The number of sulfonamides is 1. The fraction of sp³-hybridized carbons (Fsp3) is 0.0909. The lowest BCUT2D eigenvalue weighted by atomic mass is 10.3. The van der Waals surface area contributed by atoms with Crippen LogP contribution in [0.5, 0.6) is 0 Å². The number of nitrogens with zero attached hydrogens (tertiary/aromatic N) is 2. The Morgan fingerprint density at radius 1 is 1.45 bits per heavy atom. The van der Waals surface area contributed by atoms with Crippen LogP contribution in [0.1, 0.15) is 0 Å². The van der Waals surface area contributed by atoms with Gasteiger partial charge in [-0.25, -0.2) is 17.9 Å². The van der Waals surface area contributed by atoms with Gasteiger partial charge in [0, 0.05) is 12.4 Å². The van der Waals surface area contributed by atoms with Crippen molar-refractivity contribution >= 4 is 21.6 Å². The molecule has 1 aromatic carbocycles. The summed E-state index contributed by atoms with van der Waals surface area (Å²) < 4.78 is 37.2. The van der Waals surface area contributed by atoms with Crippen LogP contribution in [-0.2, 0) is 21.4 Å². The summed E-state index contributed by atoms with van der Waals surface area (Å²) in [5, 5.41) is 11.1. The minimum atomic E-state index is -4.06. The van der Waals surface area contributed by atoms with Gasteiger partial charge in [0.2, 0.25) is 15.9 Å². The lowest BCUT2D eigenvalue weighted by Crippen LogP contribution is -2.22. The number of hydrogen-bond acceptors (Lipinski definition) is 4. The van der Waals surface area contributed by atoms with Crippen LogP contribution in [0.15, 0.2) is 41.6 Å². The fourth-order valence-electron chi connectivity index (χ4n) is 1.58. The van der Waals surface area contributed by atoms with Crippen LogP contribution >= 0.6 is 0 Å². The van der Waals surface area contributed by atoms with Crippen LogP contribution in [0.25, 0.3) is 0 Å². The van der Waals surface area contributed by atoms with Crippen molar-refractivity contribution in [3.63, 3.8) is 0 Å². The molecule has 0 aliphatic heterocycles. The second-order valence-corrected chi connectivity index (χ2v) is 5.47. The molecule has 0 aliphatic rings. The Balaban J connectivity index is 2.24. The molecule has 0 radical (unpaired) electrons. The number of carbonyl (C=O) groups excluding carboxylic acids is 1. The van der Waals surface area contributed by atoms with Gasteiger partial charge in [0.15, 0.2) is 0 Å². The van der Waals surface area contributed by atoms with E-state index in [4.69, 9.17) is 5.14 Å². The minimum absolute atomic E-state index is 0.131. The number of aromatic nitrogens is 2. The zero-order valence-electron chi connectivity index (χ0n) is 10.2. The Morgan fingerprint density at radius 2 is 2.20 bits per heavy atom. The molecule has 0 saturated heterocycles. The second kappa shape index (κ2) is 5.39. The molecule has 0 saturated carbocycles. The predicted octanol–water partition coefficient (Wildman–Crippen LogP) is 0.308. The van der Waals surface area contributed by atoms with Crippen LogP contribution in [0.4, 0.5) is 10.1 Å². The summed E-state index contributed by atoms with van der Waals surface area (Å²) in [6.45, 7) is -0.131. The number of rotatable bonds is 4. The molecule has 106 valence electrons. The van der Waals surface area contributed by atoms with E-state index in [1.807, 2.05) is 0 Å².